The van der Waals surface area contributed by atoms with Crippen molar-refractivity contribution in [3.63, 3.8) is 0 Å². The molecule has 0 aromatic heterocycles. The molecule has 1 heterocycles. The zero-order valence-electron chi connectivity index (χ0n) is 11.3. The average molecular weight is 249 g/mol. The van der Waals surface area contributed by atoms with Crippen molar-refractivity contribution in [1.29, 1.82) is 0 Å². The highest BCUT2D eigenvalue weighted by Gasteiger charge is 2.30. The Morgan fingerprint density at radius 2 is 1.94 bits per heavy atom. The largest absolute Gasteiger partial charge is 0.392 e. The van der Waals surface area contributed by atoms with Crippen molar-refractivity contribution >= 4 is 0 Å². The molecule has 1 unspecified atom stereocenters. The average Bonchev–Trinajstić information content (AvgIpc) is 2.70. The molecule has 1 aliphatic heterocycles. The topological polar surface area (TPSA) is 41.5 Å². The van der Waals surface area contributed by atoms with Crippen LogP contribution in [0.25, 0.3) is 0 Å². The number of benzene rings is 1. The maximum Gasteiger partial charge on any atom is 0.0707 e. The van der Waals surface area contributed by atoms with Crippen LogP contribution in [0.15, 0.2) is 24.3 Å². The molecule has 1 atom stereocenters. The van der Waals surface area contributed by atoms with Crippen LogP contribution in [-0.2, 0) is 17.9 Å². The molecule has 0 radical (unpaired) electrons. The first-order valence-corrected chi connectivity index (χ1v) is 6.66. The van der Waals surface area contributed by atoms with E-state index in [2.05, 4.69) is 31.3 Å². The maximum absolute atomic E-state index is 8.97. The Kier molecular flexibility index (Phi) is 4.38. The van der Waals surface area contributed by atoms with Gasteiger partial charge in [0, 0.05) is 13.1 Å². The van der Waals surface area contributed by atoms with E-state index in [0.29, 0.717) is 6.10 Å². The number of ether oxygens (including phenoxy) is 1. The molecule has 1 saturated heterocycles. The summed E-state index contributed by atoms with van der Waals surface area (Å²) in [6.45, 7) is 6.18. The standard InChI is InChI=1S/C15H23NO2/c1-15(2)8-7-14(18-15)10-16-9-12-3-5-13(11-17)6-4-12/h3-6,14,16-17H,7-11H2,1-2H3. The van der Waals surface area contributed by atoms with Gasteiger partial charge in [0.25, 0.3) is 0 Å². The first-order chi connectivity index (χ1) is 8.59. The Hall–Kier alpha value is -0.900. The molecule has 18 heavy (non-hydrogen) atoms. The Morgan fingerprint density at radius 3 is 2.50 bits per heavy atom. The number of nitrogens with one attached hydrogen (secondary N) is 1. The van der Waals surface area contributed by atoms with Crippen LogP contribution in [0.3, 0.4) is 0 Å². The maximum atomic E-state index is 8.97. The van der Waals surface area contributed by atoms with Gasteiger partial charge in [-0.05, 0) is 37.8 Å². The second kappa shape index (κ2) is 5.83. The summed E-state index contributed by atoms with van der Waals surface area (Å²) in [6, 6.07) is 8.04. The molecule has 0 amide bonds. The first-order valence-electron chi connectivity index (χ1n) is 6.66. The lowest BCUT2D eigenvalue weighted by Gasteiger charge is -2.19. The summed E-state index contributed by atoms with van der Waals surface area (Å²) in [7, 11) is 0. The van der Waals surface area contributed by atoms with Crippen molar-refractivity contribution in [3.8, 4) is 0 Å². The summed E-state index contributed by atoms with van der Waals surface area (Å²) >= 11 is 0. The smallest absolute Gasteiger partial charge is 0.0707 e. The predicted molar refractivity (Wildman–Crippen MR) is 72.3 cm³/mol. The Morgan fingerprint density at radius 1 is 1.28 bits per heavy atom. The second-order valence-corrected chi connectivity index (χ2v) is 5.64. The van der Waals surface area contributed by atoms with Gasteiger partial charge in [-0.1, -0.05) is 24.3 Å². The van der Waals surface area contributed by atoms with E-state index in [4.69, 9.17) is 9.84 Å². The molecular weight excluding hydrogens is 226 g/mol. The molecule has 3 heteroatoms. The molecule has 1 fully saturated rings. The second-order valence-electron chi connectivity index (χ2n) is 5.64. The number of hydrogen-bond donors (Lipinski definition) is 2. The van der Waals surface area contributed by atoms with Gasteiger partial charge in [0.05, 0.1) is 18.3 Å². The Labute approximate surface area is 109 Å². The summed E-state index contributed by atoms with van der Waals surface area (Å²) in [5.41, 5.74) is 2.25. The zero-order chi connectivity index (χ0) is 13.0. The Bertz CT molecular complexity index is 373. The van der Waals surface area contributed by atoms with E-state index >= 15 is 0 Å². The predicted octanol–water partition coefficient (Wildman–Crippen LogP) is 2.23. The van der Waals surface area contributed by atoms with E-state index in [1.54, 1.807) is 0 Å². The van der Waals surface area contributed by atoms with Crippen LogP contribution in [0.4, 0.5) is 0 Å². The molecule has 0 aliphatic carbocycles. The molecule has 3 nitrogen and oxygen atoms in total. The van der Waals surface area contributed by atoms with Gasteiger partial charge in [0.15, 0.2) is 0 Å². The van der Waals surface area contributed by atoms with Crippen molar-refractivity contribution in [1.82, 2.24) is 5.32 Å². The molecule has 0 bridgehead atoms. The third-order valence-electron chi connectivity index (χ3n) is 3.46. The lowest BCUT2D eigenvalue weighted by molar-refractivity contribution is -0.0142. The summed E-state index contributed by atoms with van der Waals surface area (Å²) < 4.78 is 5.93. The van der Waals surface area contributed by atoms with Crippen LogP contribution in [0.1, 0.15) is 37.8 Å². The lowest BCUT2D eigenvalue weighted by Crippen LogP contribution is -2.29. The van der Waals surface area contributed by atoms with Gasteiger partial charge >= 0.3 is 0 Å². The molecule has 1 aromatic rings. The minimum absolute atomic E-state index is 0.0507. The van der Waals surface area contributed by atoms with Gasteiger partial charge < -0.3 is 15.2 Å². The zero-order valence-corrected chi connectivity index (χ0v) is 11.3. The van der Waals surface area contributed by atoms with Crippen molar-refractivity contribution in [3.05, 3.63) is 35.4 Å². The first kappa shape index (κ1) is 13.5. The van der Waals surface area contributed by atoms with Gasteiger partial charge in [0.2, 0.25) is 0 Å². The monoisotopic (exact) mass is 249 g/mol. The van der Waals surface area contributed by atoms with Crippen molar-refractivity contribution in [2.75, 3.05) is 6.54 Å². The summed E-state index contributed by atoms with van der Waals surface area (Å²) in [5, 5.41) is 12.4. The van der Waals surface area contributed by atoms with E-state index in [0.717, 1.165) is 31.5 Å². The molecule has 2 rings (SSSR count). The fraction of sp³-hybridized carbons (Fsp3) is 0.600. The molecule has 0 spiro atoms. The van der Waals surface area contributed by atoms with Crippen LogP contribution in [-0.4, -0.2) is 23.4 Å². The van der Waals surface area contributed by atoms with E-state index in [9.17, 15) is 0 Å². The molecule has 1 aliphatic rings. The van der Waals surface area contributed by atoms with Crippen LogP contribution >= 0.6 is 0 Å². The third-order valence-corrected chi connectivity index (χ3v) is 3.46. The summed E-state index contributed by atoms with van der Waals surface area (Å²) in [4.78, 5) is 0. The number of hydrogen-bond acceptors (Lipinski definition) is 3. The van der Waals surface area contributed by atoms with Crippen LogP contribution in [0.5, 0.6) is 0 Å². The minimum Gasteiger partial charge on any atom is -0.392 e. The van der Waals surface area contributed by atoms with Crippen molar-refractivity contribution < 1.29 is 9.84 Å². The van der Waals surface area contributed by atoms with Crippen molar-refractivity contribution in [2.24, 2.45) is 0 Å². The normalized spacial score (nSPS) is 22.3. The van der Waals surface area contributed by atoms with Gasteiger partial charge in [-0.15, -0.1) is 0 Å². The van der Waals surface area contributed by atoms with Gasteiger partial charge in [-0.25, -0.2) is 0 Å². The number of aliphatic hydroxyl groups is 1. The molecule has 1 aromatic carbocycles. The van der Waals surface area contributed by atoms with Gasteiger partial charge in [-0.3, -0.25) is 0 Å². The van der Waals surface area contributed by atoms with E-state index in [1.165, 1.54) is 5.56 Å². The Balaban J connectivity index is 1.72. The van der Waals surface area contributed by atoms with Crippen molar-refractivity contribution in [2.45, 2.75) is 51.5 Å². The van der Waals surface area contributed by atoms with Crippen LogP contribution < -0.4 is 5.32 Å². The summed E-state index contributed by atoms with van der Waals surface area (Å²) in [5.74, 6) is 0. The lowest BCUT2D eigenvalue weighted by atomic mass is 10.1. The van der Waals surface area contributed by atoms with E-state index < -0.39 is 0 Å². The third kappa shape index (κ3) is 3.80. The highest BCUT2D eigenvalue weighted by atomic mass is 16.5. The fourth-order valence-electron chi connectivity index (χ4n) is 2.36. The molecule has 0 saturated carbocycles. The molecular formula is C15H23NO2. The number of aliphatic hydroxyl groups excluding tert-OH is 1. The molecule has 2 N–H and O–H groups in total. The van der Waals surface area contributed by atoms with E-state index in [1.807, 2.05) is 12.1 Å². The van der Waals surface area contributed by atoms with Gasteiger partial charge in [0.1, 0.15) is 0 Å². The quantitative estimate of drug-likeness (QED) is 0.841. The van der Waals surface area contributed by atoms with Crippen LogP contribution in [0.2, 0.25) is 0 Å². The fourth-order valence-corrected chi connectivity index (χ4v) is 2.36. The SMILES string of the molecule is CC1(C)CCC(CNCc2ccc(CO)cc2)O1. The number of rotatable bonds is 5. The summed E-state index contributed by atoms with van der Waals surface area (Å²) in [6.07, 6.45) is 2.63. The van der Waals surface area contributed by atoms with Gasteiger partial charge in [-0.2, -0.15) is 0 Å². The highest BCUT2D eigenvalue weighted by Crippen LogP contribution is 2.28. The highest BCUT2D eigenvalue weighted by molar-refractivity contribution is 5.21. The van der Waals surface area contributed by atoms with E-state index in [-0.39, 0.29) is 12.2 Å². The minimum atomic E-state index is 0.0507. The van der Waals surface area contributed by atoms with Crippen LogP contribution in [0, 0.1) is 0 Å². The molecule has 100 valence electrons.